The lowest BCUT2D eigenvalue weighted by atomic mass is 10.2. The maximum Gasteiger partial charge on any atom is 0.261 e. The quantitative estimate of drug-likeness (QED) is 0.882. The predicted molar refractivity (Wildman–Crippen MR) is 71.3 cm³/mol. The van der Waals surface area contributed by atoms with Crippen molar-refractivity contribution in [2.75, 3.05) is 26.2 Å². The highest BCUT2D eigenvalue weighted by Crippen LogP contribution is 2.25. The minimum Gasteiger partial charge on any atom is -0.482 e. The highest BCUT2D eigenvalue weighted by atomic mass is 35.5. The smallest absolute Gasteiger partial charge is 0.261 e. The van der Waals surface area contributed by atoms with Gasteiger partial charge in [0.1, 0.15) is 5.75 Å². The van der Waals surface area contributed by atoms with Gasteiger partial charge in [0, 0.05) is 13.1 Å². The molecule has 1 saturated heterocycles. The number of carbonyl (C=O) groups is 2. The van der Waals surface area contributed by atoms with Crippen molar-refractivity contribution in [1.29, 1.82) is 5.26 Å². The Morgan fingerprint density at radius 3 is 3.00 bits per heavy atom. The molecule has 0 spiro atoms. The van der Waals surface area contributed by atoms with Gasteiger partial charge in [-0.15, -0.1) is 0 Å². The molecule has 20 heavy (non-hydrogen) atoms. The van der Waals surface area contributed by atoms with Gasteiger partial charge < -0.3 is 15.0 Å². The van der Waals surface area contributed by atoms with Gasteiger partial charge in [0.25, 0.3) is 5.91 Å². The molecule has 1 aliphatic heterocycles. The van der Waals surface area contributed by atoms with Crippen molar-refractivity contribution in [3.8, 4) is 11.8 Å². The minimum atomic E-state index is -0.278. The van der Waals surface area contributed by atoms with Crippen LogP contribution < -0.4 is 10.1 Å². The molecule has 1 N–H and O–H groups in total. The van der Waals surface area contributed by atoms with Crippen LogP contribution in [0.3, 0.4) is 0 Å². The van der Waals surface area contributed by atoms with Crippen molar-refractivity contribution in [3.05, 3.63) is 28.8 Å². The molecular formula is C13H12ClN3O3. The molecule has 104 valence electrons. The molecule has 0 bridgehead atoms. The molecule has 6 nitrogen and oxygen atoms in total. The molecule has 0 saturated carbocycles. The first kappa shape index (κ1) is 14.2. The number of ether oxygens (including phenoxy) is 1. The topological polar surface area (TPSA) is 82.4 Å². The lowest BCUT2D eigenvalue weighted by molar-refractivity contribution is -0.139. The van der Waals surface area contributed by atoms with E-state index in [9.17, 15) is 9.59 Å². The molecule has 1 aliphatic rings. The monoisotopic (exact) mass is 293 g/mol. The molecule has 7 heteroatoms. The summed E-state index contributed by atoms with van der Waals surface area (Å²) in [5.74, 6) is -0.123. The van der Waals surface area contributed by atoms with E-state index in [1.807, 2.05) is 6.07 Å². The Labute approximate surface area is 120 Å². The fourth-order valence-electron chi connectivity index (χ4n) is 1.77. The molecular weight excluding hydrogens is 282 g/mol. The van der Waals surface area contributed by atoms with Crippen molar-refractivity contribution in [2.45, 2.75) is 0 Å². The van der Waals surface area contributed by atoms with Crippen LogP contribution in [0.2, 0.25) is 5.02 Å². The average Bonchev–Trinajstić information content (AvgIpc) is 2.45. The summed E-state index contributed by atoms with van der Waals surface area (Å²) in [4.78, 5) is 24.5. The third-order valence-electron chi connectivity index (χ3n) is 2.80. The van der Waals surface area contributed by atoms with Gasteiger partial charge in [-0.1, -0.05) is 11.6 Å². The first-order chi connectivity index (χ1) is 9.60. The van der Waals surface area contributed by atoms with Crippen LogP contribution in [0.15, 0.2) is 18.2 Å². The van der Waals surface area contributed by atoms with E-state index in [2.05, 4.69) is 5.32 Å². The summed E-state index contributed by atoms with van der Waals surface area (Å²) in [5.41, 5.74) is 0.418. The van der Waals surface area contributed by atoms with E-state index in [1.165, 1.54) is 17.0 Å². The largest absolute Gasteiger partial charge is 0.482 e. The first-order valence-electron chi connectivity index (χ1n) is 5.97. The number of halogens is 1. The van der Waals surface area contributed by atoms with E-state index in [0.717, 1.165) is 0 Å². The first-order valence-corrected chi connectivity index (χ1v) is 6.35. The van der Waals surface area contributed by atoms with Gasteiger partial charge in [-0.25, -0.2) is 0 Å². The number of nitrogens with one attached hydrogen (secondary N) is 1. The molecule has 2 amide bonds. The molecule has 0 atom stereocenters. The van der Waals surface area contributed by atoms with Gasteiger partial charge in [0.15, 0.2) is 6.61 Å². The minimum absolute atomic E-state index is 0.0449. The number of piperazine rings is 1. The van der Waals surface area contributed by atoms with Gasteiger partial charge >= 0.3 is 0 Å². The number of hydrogen-bond acceptors (Lipinski definition) is 4. The van der Waals surface area contributed by atoms with Gasteiger partial charge in [-0.3, -0.25) is 9.59 Å². The van der Waals surface area contributed by atoms with Crippen LogP contribution in [0, 0.1) is 11.3 Å². The molecule has 2 rings (SSSR count). The predicted octanol–water partition coefficient (Wildman–Crippen LogP) is 0.549. The number of hydrogen-bond donors (Lipinski definition) is 1. The SMILES string of the molecule is N#Cc1ccc(OCC(=O)N2CCNC(=O)C2)c(Cl)c1. The van der Waals surface area contributed by atoms with E-state index >= 15 is 0 Å². The molecule has 1 fully saturated rings. The molecule has 0 aliphatic carbocycles. The molecule has 1 aromatic carbocycles. The van der Waals surface area contributed by atoms with E-state index < -0.39 is 0 Å². The lowest BCUT2D eigenvalue weighted by Gasteiger charge is -2.26. The van der Waals surface area contributed by atoms with Crippen LogP contribution in [0.1, 0.15) is 5.56 Å². The zero-order chi connectivity index (χ0) is 14.5. The summed E-state index contributed by atoms with van der Waals surface area (Å²) in [7, 11) is 0. The Kier molecular flexibility index (Phi) is 4.43. The van der Waals surface area contributed by atoms with Crippen molar-refractivity contribution >= 4 is 23.4 Å². The van der Waals surface area contributed by atoms with E-state index in [1.54, 1.807) is 6.07 Å². The van der Waals surface area contributed by atoms with Crippen LogP contribution in [-0.4, -0.2) is 43.0 Å². The van der Waals surface area contributed by atoms with Crippen molar-refractivity contribution in [2.24, 2.45) is 0 Å². The number of benzene rings is 1. The highest BCUT2D eigenvalue weighted by molar-refractivity contribution is 6.32. The second-order valence-electron chi connectivity index (χ2n) is 4.21. The fraction of sp³-hybridized carbons (Fsp3) is 0.308. The number of amides is 2. The maximum absolute atomic E-state index is 11.9. The second kappa shape index (κ2) is 6.26. The van der Waals surface area contributed by atoms with Crippen LogP contribution in [-0.2, 0) is 9.59 Å². The molecule has 1 heterocycles. The Morgan fingerprint density at radius 1 is 1.55 bits per heavy atom. The number of rotatable bonds is 3. The lowest BCUT2D eigenvalue weighted by Crippen LogP contribution is -2.51. The van der Waals surface area contributed by atoms with Gasteiger partial charge in [0.05, 0.1) is 23.2 Å². The average molecular weight is 294 g/mol. The van der Waals surface area contributed by atoms with E-state index in [4.69, 9.17) is 21.6 Å². The Balaban J connectivity index is 1.93. The normalized spacial score (nSPS) is 14.4. The van der Waals surface area contributed by atoms with Crippen molar-refractivity contribution in [1.82, 2.24) is 10.2 Å². The fourth-order valence-corrected chi connectivity index (χ4v) is 2.00. The standard InChI is InChI=1S/C13H12ClN3O3/c14-10-5-9(6-15)1-2-11(10)20-8-13(19)17-4-3-16-12(18)7-17/h1-2,5H,3-4,7-8H2,(H,16,18). The van der Waals surface area contributed by atoms with E-state index in [0.29, 0.717) is 24.4 Å². The van der Waals surface area contributed by atoms with Crippen LogP contribution in [0.5, 0.6) is 5.75 Å². The summed E-state index contributed by atoms with van der Waals surface area (Å²) in [5, 5.41) is 11.6. The second-order valence-corrected chi connectivity index (χ2v) is 4.62. The van der Waals surface area contributed by atoms with Crippen LogP contribution >= 0.6 is 11.6 Å². The third-order valence-corrected chi connectivity index (χ3v) is 3.10. The Morgan fingerprint density at radius 2 is 2.35 bits per heavy atom. The Bertz CT molecular complexity index is 583. The summed E-state index contributed by atoms with van der Waals surface area (Å²) >= 11 is 5.94. The summed E-state index contributed by atoms with van der Waals surface area (Å²) in [6.07, 6.45) is 0. The Hall–Kier alpha value is -2.26. The molecule has 0 unspecified atom stereocenters. The molecule has 1 aromatic rings. The van der Waals surface area contributed by atoms with Gasteiger partial charge in [-0.2, -0.15) is 5.26 Å². The third kappa shape index (κ3) is 3.39. The van der Waals surface area contributed by atoms with E-state index in [-0.39, 0.29) is 30.0 Å². The summed E-state index contributed by atoms with van der Waals surface area (Å²) < 4.78 is 5.32. The van der Waals surface area contributed by atoms with Crippen LogP contribution in [0.25, 0.3) is 0 Å². The molecule has 0 aromatic heterocycles. The highest BCUT2D eigenvalue weighted by Gasteiger charge is 2.21. The zero-order valence-corrected chi connectivity index (χ0v) is 11.3. The van der Waals surface area contributed by atoms with Gasteiger partial charge in [-0.05, 0) is 18.2 Å². The van der Waals surface area contributed by atoms with Crippen molar-refractivity contribution < 1.29 is 14.3 Å². The maximum atomic E-state index is 11.9. The van der Waals surface area contributed by atoms with Crippen LogP contribution in [0.4, 0.5) is 0 Å². The number of nitrogens with zero attached hydrogens (tertiary/aromatic N) is 2. The number of nitriles is 1. The number of carbonyl (C=O) groups excluding carboxylic acids is 2. The van der Waals surface area contributed by atoms with Gasteiger partial charge in [0.2, 0.25) is 5.91 Å². The molecule has 0 radical (unpaired) electrons. The summed E-state index contributed by atoms with van der Waals surface area (Å²) in [6, 6.07) is 6.52. The van der Waals surface area contributed by atoms with Crippen molar-refractivity contribution in [3.63, 3.8) is 0 Å². The summed E-state index contributed by atoms with van der Waals surface area (Å²) in [6.45, 7) is 0.763. The zero-order valence-electron chi connectivity index (χ0n) is 10.6.